The Morgan fingerprint density at radius 1 is 1.07 bits per heavy atom. The van der Waals surface area contributed by atoms with Crippen LogP contribution >= 0.6 is 24.0 Å². The molecular weight excluding hydrogens is 519 g/mol. The number of nitrogens with one attached hydrogen (secondary N) is 1. The lowest BCUT2D eigenvalue weighted by molar-refractivity contribution is 0.0658. The third-order valence-electron chi connectivity index (χ3n) is 4.79. The molecule has 1 aliphatic rings. The second-order valence-corrected chi connectivity index (χ2v) is 8.83. The summed E-state index contributed by atoms with van der Waals surface area (Å²) in [5.74, 6) is 1.03. The van der Waals surface area contributed by atoms with Crippen LogP contribution < -0.4 is 5.32 Å². The number of carbonyl (C=O) groups excluding carboxylic acids is 1. The van der Waals surface area contributed by atoms with Crippen molar-refractivity contribution in [2.24, 2.45) is 4.99 Å². The van der Waals surface area contributed by atoms with E-state index in [0.717, 1.165) is 0 Å². The van der Waals surface area contributed by atoms with Gasteiger partial charge in [-0.05, 0) is 30.7 Å². The van der Waals surface area contributed by atoms with Gasteiger partial charge in [0, 0.05) is 39.8 Å². The Labute approximate surface area is 194 Å². The maximum absolute atomic E-state index is 12.3. The van der Waals surface area contributed by atoms with Crippen LogP contribution in [-0.4, -0.2) is 75.6 Å². The molecule has 2 aromatic rings. The van der Waals surface area contributed by atoms with Crippen LogP contribution in [0.15, 0.2) is 63.0 Å². The normalized spacial score (nSPS) is 14.9. The largest absolute Gasteiger partial charge is 0.459 e. The number of halogens is 1. The number of hydrogen-bond acceptors (Lipinski definition) is 5. The van der Waals surface area contributed by atoms with Gasteiger partial charge in [-0.3, -0.25) is 9.79 Å². The van der Waals surface area contributed by atoms with Crippen molar-refractivity contribution in [1.29, 1.82) is 0 Å². The lowest BCUT2D eigenvalue weighted by Gasteiger charge is -2.36. The standard InChI is InChI=1S/C20H26N4O4S.HI/c1-21-20(22-10-6-16-29(26,27)17-7-3-2-4-8-17)24-13-11-23(12-14-24)19(25)18-9-5-15-28-18;/h2-5,7-9,15H,6,10-14,16H2,1H3,(H,21,22);1H. The van der Waals surface area contributed by atoms with Crippen molar-refractivity contribution in [3.63, 3.8) is 0 Å². The molecule has 0 spiro atoms. The van der Waals surface area contributed by atoms with Gasteiger partial charge in [0.1, 0.15) is 0 Å². The van der Waals surface area contributed by atoms with Gasteiger partial charge in [0.05, 0.1) is 16.9 Å². The SMILES string of the molecule is CN=C(NCCCS(=O)(=O)c1ccccc1)N1CCN(C(=O)c2ccco2)CC1.I. The number of rotatable bonds is 6. The maximum atomic E-state index is 12.3. The molecule has 1 aliphatic heterocycles. The molecular formula is C20H27IN4O4S. The lowest BCUT2D eigenvalue weighted by Crippen LogP contribution is -2.53. The number of amides is 1. The van der Waals surface area contributed by atoms with Crippen LogP contribution in [0.25, 0.3) is 0 Å². The molecule has 0 saturated carbocycles. The zero-order valence-corrected chi connectivity index (χ0v) is 20.0. The predicted octanol–water partition coefficient (Wildman–Crippen LogP) is 2.09. The van der Waals surface area contributed by atoms with Crippen LogP contribution in [0.2, 0.25) is 0 Å². The third kappa shape index (κ3) is 6.21. The van der Waals surface area contributed by atoms with Gasteiger partial charge >= 0.3 is 0 Å². The van der Waals surface area contributed by atoms with Crippen molar-refractivity contribution in [2.75, 3.05) is 45.5 Å². The molecule has 1 fully saturated rings. The fourth-order valence-corrected chi connectivity index (χ4v) is 4.55. The van der Waals surface area contributed by atoms with Gasteiger partial charge in [-0.15, -0.1) is 24.0 Å². The van der Waals surface area contributed by atoms with Gasteiger partial charge < -0.3 is 19.5 Å². The fourth-order valence-electron chi connectivity index (χ4n) is 3.22. The van der Waals surface area contributed by atoms with Crippen molar-refractivity contribution in [3.05, 3.63) is 54.5 Å². The Morgan fingerprint density at radius 2 is 1.73 bits per heavy atom. The minimum Gasteiger partial charge on any atom is -0.459 e. The first-order chi connectivity index (χ1) is 14.0. The zero-order chi connectivity index (χ0) is 20.7. The van der Waals surface area contributed by atoms with Gasteiger partial charge in [0.25, 0.3) is 5.91 Å². The second-order valence-electron chi connectivity index (χ2n) is 6.72. The number of nitrogens with zero attached hydrogens (tertiary/aromatic N) is 3. The van der Waals surface area contributed by atoms with Gasteiger partial charge in [-0.25, -0.2) is 8.42 Å². The molecule has 1 N–H and O–H groups in total. The molecule has 10 heteroatoms. The Hall–Kier alpha value is -2.08. The Bertz CT molecular complexity index is 925. The number of benzene rings is 1. The minimum absolute atomic E-state index is 0. The summed E-state index contributed by atoms with van der Waals surface area (Å²) >= 11 is 0. The molecule has 1 amide bonds. The van der Waals surface area contributed by atoms with E-state index in [1.54, 1.807) is 54.4 Å². The van der Waals surface area contributed by atoms with E-state index in [2.05, 4.69) is 15.2 Å². The van der Waals surface area contributed by atoms with E-state index in [4.69, 9.17) is 4.42 Å². The summed E-state index contributed by atoms with van der Waals surface area (Å²) in [6.45, 7) is 2.94. The number of sulfone groups is 1. The van der Waals surface area contributed by atoms with E-state index in [1.165, 1.54) is 6.26 Å². The Kier molecular flexibility index (Phi) is 9.15. The Morgan fingerprint density at radius 3 is 2.33 bits per heavy atom. The van der Waals surface area contributed by atoms with Crippen molar-refractivity contribution in [3.8, 4) is 0 Å². The second kappa shape index (κ2) is 11.3. The molecule has 0 aliphatic carbocycles. The quantitative estimate of drug-likeness (QED) is 0.258. The van der Waals surface area contributed by atoms with Crippen LogP contribution in [-0.2, 0) is 9.84 Å². The molecule has 1 aromatic heterocycles. The van der Waals surface area contributed by atoms with Crippen LogP contribution in [0.1, 0.15) is 17.0 Å². The van der Waals surface area contributed by atoms with Gasteiger partial charge in [0.2, 0.25) is 0 Å². The first-order valence-electron chi connectivity index (χ1n) is 9.57. The topological polar surface area (TPSA) is 95.2 Å². The van der Waals surface area contributed by atoms with Crippen LogP contribution in [0.5, 0.6) is 0 Å². The van der Waals surface area contributed by atoms with Crippen LogP contribution in [0.4, 0.5) is 0 Å². The third-order valence-corrected chi connectivity index (χ3v) is 6.60. The van der Waals surface area contributed by atoms with Crippen molar-refractivity contribution >= 4 is 45.7 Å². The van der Waals surface area contributed by atoms with Crippen molar-refractivity contribution in [2.45, 2.75) is 11.3 Å². The van der Waals surface area contributed by atoms with Crippen LogP contribution in [0, 0.1) is 0 Å². The van der Waals surface area contributed by atoms with Gasteiger partial charge in [0.15, 0.2) is 21.6 Å². The summed E-state index contributed by atoms with van der Waals surface area (Å²) < 4.78 is 29.8. The summed E-state index contributed by atoms with van der Waals surface area (Å²) in [4.78, 5) is 20.8. The average molecular weight is 546 g/mol. The molecule has 0 atom stereocenters. The molecule has 1 aromatic carbocycles. The molecule has 2 heterocycles. The highest BCUT2D eigenvalue weighted by Gasteiger charge is 2.25. The number of aliphatic imine (C=N–C) groups is 1. The number of furan rings is 1. The van der Waals surface area contributed by atoms with E-state index in [-0.39, 0.29) is 35.6 Å². The molecule has 0 bridgehead atoms. The lowest BCUT2D eigenvalue weighted by atomic mass is 10.3. The first kappa shape index (κ1) is 24.2. The number of carbonyl (C=O) groups is 1. The molecule has 0 radical (unpaired) electrons. The molecule has 30 heavy (non-hydrogen) atoms. The summed E-state index contributed by atoms with van der Waals surface area (Å²) in [7, 11) is -1.58. The van der Waals surface area contributed by atoms with E-state index >= 15 is 0 Å². The molecule has 3 rings (SSSR count). The van der Waals surface area contributed by atoms with E-state index in [1.807, 2.05) is 0 Å². The smallest absolute Gasteiger partial charge is 0.289 e. The van der Waals surface area contributed by atoms with E-state index in [0.29, 0.717) is 55.8 Å². The molecule has 8 nitrogen and oxygen atoms in total. The maximum Gasteiger partial charge on any atom is 0.289 e. The number of piperazine rings is 1. The highest BCUT2D eigenvalue weighted by molar-refractivity contribution is 14.0. The zero-order valence-electron chi connectivity index (χ0n) is 16.9. The highest BCUT2D eigenvalue weighted by Crippen LogP contribution is 2.11. The van der Waals surface area contributed by atoms with Gasteiger partial charge in [-0.1, -0.05) is 18.2 Å². The van der Waals surface area contributed by atoms with Crippen LogP contribution in [0.3, 0.4) is 0 Å². The summed E-state index contributed by atoms with van der Waals surface area (Å²) in [5.41, 5.74) is 0. The molecule has 0 unspecified atom stereocenters. The Balaban J connectivity index is 0.00000320. The monoisotopic (exact) mass is 546 g/mol. The summed E-state index contributed by atoms with van der Waals surface area (Å²) in [6.07, 6.45) is 1.97. The number of guanidine groups is 1. The summed E-state index contributed by atoms with van der Waals surface area (Å²) in [6, 6.07) is 11.8. The van der Waals surface area contributed by atoms with Crippen molar-refractivity contribution in [1.82, 2.24) is 15.1 Å². The van der Waals surface area contributed by atoms with Crippen molar-refractivity contribution < 1.29 is 17.6 Å². The average Bonchev–Trinajstić information content (AvgIpc) is 3.29. The van der Waals surface area contributed by atoms with E-state index in [9.17, 15) is 13.2 Å². The highest BCUT2D eigenvalue weighted by atomic mass is 127. The van der Waals surface area contributed by atoms with E-state index < -0.39 is 9.84 Å². The minimum atomic E-state index is -3.27. The summed E-state index contributed by atoms with van der Waals surface area (Å²) in [5, 5.41) is 3.22. The fraction of sp³-hybridized carbons (Fsp3) is 0.400. The molecule has 1 saturated heterocycles. The predicted molar refractivity (Wildman–Crippen MR) is 126 cm³/mol. The molecule has 164 valence electrons. The number of hydrogen-bond donors (Lipinski definition) is 1. The first-order valence-corrected chi connectivity index (χ1v) is 11.2. The van der Waals surface area contributed by atoms with Gasteiger partial charge in [-0.2, -0.15) is 0 Å².